The van der Waals surface area contributed by atoms with E-state index in [9.17, 15) is 9.90 Å². The molecular formula is C17H17NaO3SSe. The molecule has 116 valence electrons. The maximum atomic E-state index is 11.1. The molecule has 2 rings (SSSR count). The predicted molar refractivity (Wildman–Crippen MR) is 88.7 cm³/mol. The Bertz CT molecular complexity index is 647. The standard InChI is InChI=1S/C17H18O3SSe.Na/c1-20-16-8-5-13(9-15(16)17(18)19)11-22-10-12-3-6-14(21-2)7-4-12;/h3-9H,10-11H2,1-2H3,(H,18,19);/q;+1/p-1. The van der Waals surface area contributed by atoms with Gasteiger partial charge < -0.3 is 0 Å². The third-order valence-electron chi connectivity index (χ3n) is 3.18. The predicted octanol–water partition coefficient (Wildman–Crippen LogP) is -0.811. The van der Waals surface area contributed by atoms with Gasteiger partial charge in [0.2, 0.25) is 0 Å². The Kier molecular flexibility index (Phi) is 9.37. The first kappa shape index (κ1) is 20.6. The summed E-state index contributed by atoms with van der Waals surface area (Å²) >= 11 is 2.13. The van der Waals surface area contributed by atoms with Crippen LogP contribution in [0, 0.1) is 0 Å². The summed E-state index contributed by atoms with van der Waals surface area (Å²) in [6.07, 6.45) is 2.07. The maximum Gasteiger partial charge on any atom is 1.00 e. The molecule has 2 aromatic rings. The van der Waals surface area contributed by atoms with E-state index in [4.69, 9.17) is 4.74 Å². The topological polar surface area (TPSA) is 49.4 Å². The van der Waals surface area contributed by atoms with Crippen molar-refractivity contribution in [2.75, 3.05) is 13.4 Å². The maximum absolute atomic E-state index is 11.1. The van der Waals surface area contributed by atoms with Gasteiger partial charge in [-0.1, -0.05) is 0 Å². The fraction of sp³-hybridized carbons (Fsp3) is 0.235. The van der Waals surface area contributed by atoms with Crippen LogP contribution in [0.2, 0.25) is 0 Å². The number of aromatic carboxylic acids is 1. The molecule has 6 heteroatoms. The number of carboxylic acids is 1. The SMILES string of the molecule is COc1ccc(C[Se]Cc2ccc(SC)cc2)cc1C(=O)[O-].[Na+]. The Morgan fingerprint density at radius 3 is 2.30 bits per heavy atom. The molecule has 0 aliphatic rings. The van der Waals surface area contributed by atoms with Crippen molar-refractivity contribution in [3.05, 3.63) is 59.2 Å². The third kappa shape index (κ3) is 6.18. The van der Waals surface area contributed by atoms with Crippen molar-refractivity contribution in [3.63, 3.8) is 0 Å². The molecule has 0 atom stereocenters. The summed E-state index contributed by atoms with van der Waals surface area (Å²) in [7, 11) is 1.46. The van der Waals surface area contributed by atoms with Crippen LogP contribution in [-0.4, -0.2) is 34.3 Å². The van der Waals surface area contributed by atoms with E-state index in [1.807, 2.05) is 6.07 Å². The summed E-state index contributed by atoms with van der Waals surface area (Å²) in [5.41, 5.74) is 2.47. The summed E-state index contributed by atoms with van der Waals surface area (Å²) < 4.78 is 5.04. The van der Waals surface area contributed by atoms with Crippen molar-refractivity contribution in [2.24, 2.45) is 0 Å². The molecule has 0 N–H and O–H groups in total. The first-order valence-electron chi connectivity index (χ1n) is 6.73. The summed E-state index contributed by atoms with van der Waals surface area (Å²) in [5.74, 6) is -0.845. The minimum atomic E-state index is -1.20. The van der Waals surface area contributed by atoms with E-state index in [0.717, 1.165) is 16.2 Å². The zero-order valence-electron chi connectivity index (χ0n) is 13.5. The summed E-state index contributed by atoms with van der Waals surface area (Å²) in [5, 5.41) is 13.0. The molecule has 0 heterocycles. The van der Waals surface area contributed by atoms with Crippen molar-refractivity contribution in [1.29, 1.82) is 0 Å². The number of carbonyl (C=O) groups excluding carboxylic acids is 1. The molecule has 0 saturated heterocycles. The van der Waals surface area contributed by atoms with Gasteiger partial charge in [-0.2, -0.15) is 0 Å². The van der Waals surface area contributed by atoms with Crippen molar-refractivity contribution in [3.8, 4) is 5.75 Å². The second-order valence-electron chi connectivity index (χ2n) is 4.66. The van der Waals surface area contributed by atoms with Crippen molar-refractivity contribution >= 4 is 32.7 Å². The molecule has 0 amide bonds. The average Bonchev–Trinajstić information content (AvgIpc) is 2.55. The van der Waals surface area contributed by atoms with Crippen LogP contribution in [-0.2, 0) is 10.6 Å². The van der Waals surface area contributed by atoms with Crippen LogP contribution in [0.15, 0.2) is 47.4 Å². The van der Waals surface area contributed by atoms with Gasteiger partial charge in [-0.15, -0.1) is 0 Å². The molecular weight excluding hydrogens is 386 g/mol. The quantitative estimate of drug-likeness (QED) is 0.448. The summed E-state index contributed by atoms with van der Waals surface area (Å²) in [4.78, 5) is 12.4. The van der Waals surface area contributed by atoms with Gasteiger partial charge in [0.25, 0.3) is 0 Å². The minimum Gasteiger partial charge on any atom is 1.00 e. The summed E-state index contributed by atoms with van der Waals surface area (Å²) in [6, 6.07) is 13.9. The Morgan fingerprint density at radius 2 is 1.74 bits per heavy atom. The normalized spacial score (nSPS) is 10.0. The molecule has 0 unspecified atom stereocenters. The van der Waals surface area contributed by atoms with Gasteiger partial charge >= 0.3 is 171 Å². The molecule has 0 aliphatic heterocycles. The molecule has 0 radical (unpaired) electrons. The van der Waals surface area contributed by atoms with Gasteiger partial charge in [0.1, 0.15) is 0 Å². The Balaban J connectivity index is 0.00000264. The van der Waals surface area contributed by atoms with E-state index in [2.05, 4.69) is 30.5 Å². The zero-order chi connectivity index (χ0) is 15.9. The van der Waals surface area contributed by atoms with E-state index >= 15 is 0 Å². The number of hydrogen-bond donors (Lipinski definition) is 0. The Labute approximate surface area is 169 Å². The first-order valence-corrected chi connectivity index (χ1v) is 10.4. The monoisotopic (exact) mass is 404 g/mol. The molecule has 23 heavy (non-hydrogen) atoms. The van der Waals surface area contributed by atoms with Gasteiger partial charge in [0.05, 0.1) is 0 Å². The average molecular weight is 403 g/mol. The molecule has 3 nitrogen and oxygen atoms in total. The smallest absolute Gasteiger partial charge is 1.00 e. The van der Waals surface area contributed by atoms with Crippen molar-refractivity contribution < 1.29 is 44.2 Å². The van der Waals surface area contributed by atoms with E-state index in [-0.39, 0.29) is 35.1 Å². The van der Waals surface area contributed by atoms with Crippen LogP contribution in [0.3, 0.4) is 0 Å². The Hall–Kier alpha value is -0.421. The van der Waals surface area contributed by atoms with Crippen LogP contribution in [0.4, 0.5) is 0 Å². The van der Waals surface area contributed by atoms with Gasteiger partial charge in [0, 0.05) is 0 Å². The second-order valence-corrected chi connectivity index (χ2v) is 7.61. The number of carbonyl (C=O) groups is 1. The van der Waals surface area contributed by atoms with Crippen molar-refractivity contribution in [2.45, 2.75) is 15.5 Å². The fourth-order valence-corrected chi connectivity index (χ4v) is 4.40. The van der Waals surface area contributed by atoms with Gasteiger partial charge in [-0.3, -0.25) is 0 Å². The van der Waals surface area contributed by atoms with Crippen LogP contribution in [0.5, 0.6) is 5.75 Å². The minimum absolute atomic E-state index is 0. The molecule has 0 bridgehead atoms. The number of methoxy groups -OCH3 is 1. The van der Waals surface area contributed by atoms with Crippen LogP contribution in [0.25, 0.3) is 0 Å². The van der Waals surface area contributed by atoms with Crippen molar-refractivity contribution in [1.82, 2.24) is 0 Å². The van der Waals surface area contributed by atoms with Gasteiger partial charge in [0.15, 0.2) is 0 Å². The molecule has 0 saturated carbocycles. The molecule has 0 aromatic heterocycles. The second kappa shape index (κ2) is 10.4. The number of rotatable bonds is 7. The summed E-state index contributed by atoms with van der Waals surface area (Å²) in [6.45, 7) is 0. The zero-order valence-corrected chi connectivity index (χ0v) is 18.0. The first-order chi connectivity index (χ1) is 10.6. The van der Waals surface area contributed by atoms with Crippen LogP contribution < -0.4 is 39.4 Å². The van der Waals surface area contributed by atoms with Gasteiger partial charge in [-0.05, 0) is 0 Å². The molecule has 0 aliphatic carbocycles. The van der Waals surface area contributed by atoms with Crippen LogP contribution in [0.1, 0.15) is 21.5 Å². The number of thioether (sulfide) groups is 1. The van der Waals surface area contributed by atoms with Crippen LogP contribution >= 0.6 is 11.8 Å². The fourth-order valence-electron chi connectivity index (χ4n) is 2.01. The molecule has 0 spiro atoms. The number of ether oxygens (including phenoxy) is 1. The number of hydrogen-bond acceptors (Lipinski definition) is 4. The Morgan fingerprint density at radius 1 is 1.13 bits per heavy atom. The number of carboxylic acid groups (broad SMARTS) is 1. The third-order valence-corrected chi connectivity index (χ3v) is 6.18. The molecule has 2 aromatic carbocycles. The molecule has 0 fully saturated rings. The van der Waals surface area contributed by atoms with E-state index in [0.29, 0.717) is 20.7 Å². The largest absolute Gasteiger partial charge is 1.00 e. The van der Waals surface area contributed by atoms with Gasteiger partial charge in [-0.25, -0.2) is 0 Å². The van der Waals surface area contributed by atoms with E-state index < -0.39 is 5.97 Å². The van der Waals surface area contributed by atoms with E-state index in [1.54, 1.807) is 23.9 Å². The van der Waals surface area contributed by atoms with E-state index in [1.165, 1.54) is 17.6 Å². The number of benzene rings is 2.